The van der Waals surface area contributed by atoms with Crippen LogP contribution >= 0.6 is 11.6 Å². The van der Waals surface area contributed by atoms with E-state index in [1.165, 1.54) is 12.1 Å². The van der Waals surface area contributed by atoms with E-state index in [1.807, 2.05) is 0 Å². The van der Waals surface area contributed by atoms with Gasteiger partial charge in [-0.2, -0.15) is 5.10 Å². The van der Waals surface area contributed by atoms with E-state index in [1.54, 1.807) is 24.0 Å². The van der Waals surface area contributed by atoms with Gasteiger partial charge in [-0.25, -0.2) is 4.39 Å². The monoisotopic (exact) mass is 406 g/mol. The topological polar surface area (TPSA) is 85.2 Å². The van der Waals surface area contributed by atoms with Gasteiger partial charge in [-0.3, -0.25) is 14.3 Å². The molecule has 1 heterocycles. The Bertz CT molecular complexity index is 915. The maximum absolute atomic E-state index is 13.5. The van der Waals surface area contributed by atoms with Crippen molar-refractivity contribution >= 4 is 23.4 Å². The summed E-state index contributed by atoms with van der Waals surface area (Å²) >= 11 is 5.63. The third kappa shape index (κ3) is 3.44. The average Bonchev–Trinajstić information content (AvgIpc) is 2.98. The normalized spacial score (nSPS) is 23.2. The second-order valence-corrected chi connectivity index (χ2v) is 7.88. The SMILES string of the molecule is Cn1nccc1C(NC(=O)COc1ccc(Cl)c(F)c1)NC(=O)C12CC(C1)C2. The Morgan fingerprint density at radius 1 is 1.36 bits per heavy atom. The number of ether oxygens (including phenoxy) is 1. The summed E-state index contributed by atoms with van der Waals surface area (Å²) in [5.74, 6) is -0.282. The quantitative estimate of drug-likeness (QED) is 0.691. The molecule has 1 aromatic heterocycles. The van der Waals surface area contributed by atoms with Gasteiger partial charge in [0.25, 0.3) is 5.91 Å². The Balaban J connectivity index is 1.39. The second kappa shape index (κ2) is 7.09. The highest BCUT2D eigenvalue weighted by molar-refractivity contribution is 6.30. The first kappa shape index (κ1) is 18.7. The van der Waals surface area contributed by atoms with Crippen molar-refractivity contribution in [1.29, 1.82) is 0 Å². The molecule has 2 N–H and O–H groups in total. The van der Waals surface area contributed by atoms with Crippen LogP contribution in [0.3, 0.4) is 0 Å². The minimum atomic E-state index is -0.730. The number of carbonyl (C=O) groups is 2. The van der Waals surface area contributed by atoms with Crippen LogP contribution in [-0.4, -0.2) is 28.2 Å². The number of hydrogen-bond acceptors (Lipinski definition) is 4. The molecular formula is C19H20ClFN4O3. The van der Waals surface area contributed by atoms with Crippen molar-refractivity contribution in [2.24, 2.45) is 18.4 Å². The van der Waals surface area contributed by atoms with Gasteiger partial charge in [-0.1, -0.05) is 11.6 Å². The van der Waals surface area contributed by atoms with Crippen LogP contribution in [0.1, 0.15) is 31.1 Å². The van der Waals surface area contributed by atoms with Gasteiger partial charge in [0.05, 0.1) is 16.1 Å². The fraction of sp³-hybridized carbons (Fsp3) is 0.421. The van der Waals surface area contributed by atoms with Crippen LogP contribution in [0.25, 0.3) is 0 Å². The Morgan fingerprint density at radius 2 is 2.11 bits per heavy atom. The zero-order valence-electron chi connectivity index (χ0n) is 15.2. The molecule has 7 nitrogen and oxygen atoms in total. The molecule has 3 saturated carbocycles. The summed E-state index contributed by atoms with van der Waals surface area (Å²) in [5, 5.41) is 9.74. The Hall–Kier alpha value is -2.61. The summed E-state index contributed by atoms with van der Waals surface area (Å²) in [6.07, 6.45) is 3.60. The maximum atomic E-state index is 13.5. The summed E-state index contributed by atoms with van der Waals surface area (Å²) in [4.78, 5) is 25.0. The first-order valence-corrected chi connectivity index (χ1v) is 9.40. The van der Waals surface area contributed by atoms with Gasteiger partial charge in [0, 0.05) is 19.3 Å². The molecule has 1 atom stereocenters. The van der Waals surface area contributed by atoms with Crippen LogP contribution in [0.5, 0.6) is 5.75 Å². The van der Waals surface area contributed by atoms with Gasteiger partial charge in [-0.05, 0) is 43.4 Å². The zero-order valence-corrected chi connectivity index (χ0v) is 16.0. The Morgan fingerprint density at radius 3 is 2.68 bits per heavy atom. The second-order valence-electron chi connectivity index (χ2n) is 7.48. The van der Waals surface area contributed by atoms with Crippen LogP contribution < -0.4 is 15.4 Å². The fourth-order valence-corrected chi connectivity index (χ4v) is 3.93. The summed E-state index contributed by atoms with van der Waals surface area (Å²) in [5.41, 5.74) is 0.370. The van der Waals surface area contributed by atoms with Crippen LogP contribution in [0.2, 0.25) is 5.02 Å². The number of nitrogens with one attached hydrogen (secondary N) is 2. The van der Waals surface area contributed by atoms with Crippen LogP contribution in [0.4, 0.5) is 4.39 Å². The number of aromatic nitrogens is 2. The summed E-state index contributed by atoms with van der Waals surface area (Å²) in [6.45, 7) is -0.335. The van der Waals surface area contributed by atoms with Crippen molar-refractivity contribution in [3.8, 4) is 5.75 Å². The number of hydrogen-bond donors (Lipinski definition) is 2. The summed E-state index contributed by atoms with van der Waals surface area (Å²) < 4.78 is 20.4. The number of halogens is 2. The smallest absolute Gasteiger partial charge is 0.259 e. The maximum Gasteiger partial charge on any atom is 0.259 e. The van der Waals surface area contributed by atoms with Gasteiger partial charge in [0.15, 0.2) is 6.61 Å². The highest BCUT2D eigenvalue weighted by atomic mass is 35.5. The van der Waals surface area contributed by atoms with E-state index >= 15 is 0 Å². The highest BCUT2D eigenvalue weighted by Crippen LogP contribution is 2.64. The molecule has 0 aliphatic heterocycles. The lowest BCUT2D eigenvalue weighted by Gasteiger charge is -2.60. The van der Waals surface area contributed by atoms with Gasteiger partial charge in [-0.15, -0.1) is 0 Å². The first-order valence-electron chi connectivity index (χ1n) is 9.02. The Kier molecular flexibility index (Phi) is 4.74. The average molecular weight is 407 g/mol. The molecule has 5 rings (SSSR count). The number of amides is 2. The highest BCUT2D eigenvalue weighted by Gasteiger charge is 2.61. The minimum absolute atomic E-state index is 0.0237. The molecule has 2 amide bonds. The zero-order chi connectivity index (χ0) is 19.9. The third-order valence-electron chi connectivity index (χ3n) is 5.52. The van der Waals surface area contributed by atoms with Gasteiger partial charge in [0.2, 0.25) is 5.91 Å². The molecule has 148 valence electrons. The molecule has 3 aliphatic rings. The van der Waals surface area contributed by atoms with Crippen molar-refractivity contribution in [2.45, 2.75) is 25.4 Å². The van der Waals surface area contributed by atoms with E-state index in [4.69, 9.17) is 16.3 Å². The predicted octanol–water partition coefficient (Wildman–Crippen LogP) is 2.32. The standard InChI is InChI=1S/C19H20ClFN4O3/c1-25-15(4-5-22-25)17(24-18(27)19-7-11(8-19)9-19)23-16(26)10-28-12-2-3-13(20)14(21)6-12/h2-6,11,17H,7-10H2,1H3,(H,23,26)(H,24,27). The molecule has 3 fully saturated rings. The number of aryl methyl sites for hydroxylation is 1. The van der Waals surface area contributed by atoms with Gasteiger partial charge < -0.3 is 15.4 Å². The van der Waals surface area contributed by atoms with Crippen molar-refractivity contribution in [3.63, 3.8) is 0 Å². The minimum Gasteiger partial charge on any atom is -0.484 e. The molecule has 0 saturated heterocycles. The number of benzene rings is 1. The number of carbonyl (C=O) groups excluding carboxylic acids is 2. The van der Waals surface area contributed by atoms with E-state index in [-0.39, 0.29) is 28.7 Å². The van der Waals surface area contributed by atoms with Gasteiger partial charge in [0.1, 0.15) is 17.7 Å². The lowest BCUT2D eigenvalue weighted by atomic mass is 9.44. The summed E-state index contributed by atoms with van der Waals surface area (Å²) in [6, 6.07) is 5.66. The van der Waals surface area contributed by atoms with Crippen LogP contribution in [-0.2, 0) is 16.6 Å². The molecule has 0 spiro atoms. The first-order chi connectivity index (χ1) is 13.4. The lowest BCUT2D eigenvalue weighted by molar-refractivity contribution is -0.166. The molecule has 2 bridgehead atoms. The number of rotatable bonds is 7. The van der Waals surface area contributed by atoms with E-state index in [2.05, 4.69) is 15.7 Å². The third-order valence-corrected chi connectivity index (χ3v) is 5.82. The van der Waals surface area contributed by atoms with Crippen molar-refractivity contribution in [1.82, 2.24) is 20.4 Å². The van der Waals surface area contributed by atoms with Crippen molar-refractivity contribution in [2.75, 3.05) is 6.61 Å². The van der Waals surface area contributed by atoms with E-state index in [0.717, 1.165) is 25.3 Å². The van der Waals surface area contributed by atoms with Crippen LogP contribution in [0, 0.1) is 17.2 Å². The molecule has 28 heavy (non-hydrogen) atoms. The lowest BCUT2D eigenvalue weighted by Crippen LogP contribution is -2.61. The molecular weight excluding hydrogens is 387 g/mol. The van der Waals surface area contributed by atoms with E-state index in [9.17, 15) is 14.0 Å². The molecule has 0 radical (unpaired) electrons. The van der Waals surface area contributed by atoms with Crippen molar-refractivity contribution in [3.05, 3.63) is 47.0 Å². The fourth-order valence-electron chi connectivity index (χ4n) is 3.81. The summed E-state index contributed by atoms with van der Waals surface area (Å²) in [7, 11) is 1.73. The van der Waals surface area contributed by atoms with Gasteiger partial charge >= 0.3 is 0 Å². The number of nitrogens with zero attached hydrogens (tertiary/aromatic N) is 2. The largest absolute Gasteiger partial charge is 0.484 e. The molecule has 1 unspecified atom stereocenters. The molecule has 1 aromatic carbocycles. The molecule has 9 heteroatoms. The van der Waals surface area contributed by atoms with E-state index in [0.29, 0.717) is 11.6 Å². The Labute approximate surface area is 166 Å². The predicted molar refractivity (Wildman–Crippen MR) is 98.9 cm³/mol. The molecule has 3 aliphatic carbocycles. The van der Waals surface area contributed by atoms with E-state index < -0.39 is 17.9 Å². The molecule has 2 aromatic rings. The van der Waals surface area contributed by atoms with Crippen molar-refractivity contribution < 1.29 is 18.7 Å². The van der Waals surface area contributed by atoms with Crippen LogP contribution in [0.15, 0.2) is 30.5 Å².